The van der Waals surface area contributed by atoms with Crippen LogP contribution in [0.2, 0.25) is 0 Å². The second-order valence-electron chi connectivity index (χ2n) is 9.82. The molecule has 12 nitrogen and oxygen atoms in total. The van der Waals surface area contributed by atoms with E-state index in [-0.39, 0.29) is 24.3 Å². The third kappa shape index (κ3) is 14.5. The highest BCUT2D eigenvalue weighted by molar-refractivity contribution is 5.89. The van der Waals surface area contributed by atoms with Crippen LogP contribution in [0.1, 0.15) is 94.3 Å². The summed E-state index contributed by atoms with van der Waals surface area (Å²) < 4.78 is 9.72. The highest BCUT2D eigenvalue weighted by Gasteiger charge is 2.14. The Morgan fingerprint density at radius 1 is 0.452 bits per heavy atom. The van der Waals surface area contributed by atoms with Crippen LogP contribution < -0.4 is 0 Å². The van der Waals surface area contributed by atoms with Gasteiger partial charge in [-0.05, 0) is 64.8 Å². The Balaban J connectivity index is 1.36. The number of rotatable bonds is 17. The molecular weight excluding hydrogens is 552 g/mol. The molecule has 0 amide bonds. The lowest BCUT2D eigenvalue weighted by Gasteiger charge is -2.06. The summed E-state index contributed by atoms with van der Waals surface area (Å²) in [5.41, 5.74) is 4.09. The first kappa shape index (κ1) is 34.0. The molecule has 42 heavy (non-hydrogen) atoms. The average Bonchev–Trinajstić information content (AvgIpc) is 2.92. The quantitative estimate of drug-likeness (QED) is 0.0805. The van der Waals surface area contributed by atoms with Crippen molar-refractivity contribution in [3.05, 3.63) is 69.8 Å². The highest BCUT2D eigenvalue weighted by atomic mass is 17.5. The van der Waals surface area contributed by atoms with Gasteiger partial charge in [0.2, 0.25) is 0 Å². The van der Waals surface area contributed by atoms with Gasteiger partial charge in [0.05, 0.1) is 34.4 Å². The van der Waals surface area contributed by atoms with Gasteiger partial charge in [-0.15, -0.1) is 0 Å². The lowest BCUT2D eigenvalue weighted by Crippen LogP contribution is -2.13. The summed E-state index contributed by atoms with van der Waals surface area (Å²) >= 11 is 0. The Bertz CT molecular complexity index is 1040. The molecule has 0 fully saturated rings. The van der Waals surface area contributed by atoms with Crippen molar-refractivity contribution in [3.63, 3.8) is 0 Å². The number of ether oxygens (including phenoxy) is 2. The monoisotopic (exact) mass is 590 g/mol. The van der Waals surface area contributed by atoms with Gasteiger partial charge in [-0.2, -0.15) is 0 Å². The largest absolute Gasteiger partial charge is 0.543 e. The molecule has 0 spiro atoms. The standard InChI is InChI=1S/C30H38O12/c1-21-15-22(2)18-25(17-21)27(31)37-41-39-29(33)35-13-11-9-7-5-6-8-10-12-14-36-30(34)40-42-38-28(32)26-19-23(3)16-24(4)20-26/h15-20H,5-14H2,1-4H3. The number of unbranched alkanes of at least 4 members (excludes halogenated alkanes) is 7. The lowest BCUT2D eigenvalue weighted by molar-refractivity contribution is -0.452. The second kappa shape index (κ2) is 19.1. The first-order valence-corrected chi connectivity index (χ1v) is 13.7. The van der Waals surface area contributed by atoms with Crippen LogP contribution in [-0.4, -0.2) is 37.5 Å². The van der Waals surface area contributed by atoms with Crippen LogP contribution in [0.4, 0.5) is 9.59 Å². The van der Waals surface area contributed by atoms with Gasteiger partial charge in [-0.1, -0.05) is 72.9 Å². The molecule has 0 aromatic heterocycles. The summed E-state index contributed by atoms with van der Waals surface area (Å²) in [5.74, 6) is -1.58. The number of hydrogen-bond donors (Lipinski definition) is 0. The molecule has 0 saturated heterocycles. The van der Waals surface area contributed by atoms with E-state index in [2.05, 4.69) is 29.6 Å². The van der Waals surface area contributed by atoms with Crippen LogP contribution in [0.15, 0.2) is 36.4 Å². The molecule has 2 rings (SSSR count). The maximum Gasteiger partial charge on any atom is 0.543 e. The summed E-state index contributed by atoms with van der Waals surface area (Å²) in [5, 5.41) is 8.44. The van der Waals surface area contributed by atoms with Crippen LogP contribution in [0.3, 0.4) is 0 Å². The van der Waals surface area contributed by atoms with Gasteiger partial charge in [0, 0.05) is 0 Å². The summed E-state index contributed by atoms with van der Waals surface area (Å²) in [7, 11) is 0. The van der Waals surface area contributed by atoms with E-state index in [0.717, 1.165) is 60.8 Å². The minimum atomic E-state index is -1.10. The second-order valence-corrected chi connectivity index (χ2v) is 9.82. The molecule has 0 aliphatic rings. The fourth-order valence-corrected chi connectivity index (χ4v) is 4.06. The van der Waals surface area contributed by atoms with Gasteiger partial charge in [0.15, 0.2) is 0 Å². The number of benzene rings is 2. The minimum absolute atomic E-state index is 0.148. The molecule has 0 saturated carbocycles. The zero-order chi connectivity index (χ0) is 30.7. The van der Waals surface area contributed by atoms with Crippen LogP contribution in [0.5, 0.6) is 0 Å². The number of aryl methyl sites for hydroxylation is 4. The van der Waals surface area contributed by atoms with E-state index in [1.54, 1.807) is 24.3 Å². The van der Waals surface area contributed by atoms with Crippen molar-refractivity contribution in [3.8, 4) is 0 Å². The third-order valence-corrected chi connectivity index (χ3v) is 5.82. The summed E-state index contributed by atoms with van der Waals surface area (Å²) in [4.78, 5) is 64.3. The van der Waals surface area contributed by atoms with Crippen molar-refractivity contribution in [1.82, 2.24) is 0 Å². The summed E-state index contributed by atoms with van der Waals surface area (Å²) in [6.45, 7) is 7.66. The molecule has 0 radical (unpaired) electrons. The molecule has 0 aliphatic carbocycles. The molecule has 2 aromatic rings. The lowest BCUT2D eigenvalue weighted by atomic mass is 10.1. The molecule has 12 heteroatoms. The summed E-state index contributed by atoms with van der Waals surface area (Å²) in [6, 6.07) is 10.3. The third-order valence-electron chi connectivity index (χ3n) is 5.82. The maximum atomic E-state index is 11.9. The number of carbonyl (C=O) groups is 4. The summed E-state index contributed by atoms with van der Waals surface area (Å²) in [6.07, 6.45) is 4.75. The van der Waals surface area contributed by atoms with Crippen LogP contribution in [0.25, 0.3) is 0 Å². The van der Waals surface area contributed by atoms with Gasteiger partial charge < -0.3 is 9.47 Å². The van der Waals surface area contributed by atoms with E-state index in [9.17, 15) is 19.2 Å². The molecule has 0 bridgehead atoms. The Labute approximate surface area is 244 Å². The predicted octanol–water partition coefficient (Wildman–Crippen LogP) is 7.05. The molecule has 0 heterocycles. The van der Waals surface area contributed by atoms with Gasteiger partial charge in [-0.3, -0.25) is 9.78 Å². The van der Waals surface area contributed by atoms with Crippen molar-refractivity contribution in [1.29, 1.82) is 0 Å². The van der Waals surface area contributed by atoms with Crippen molar-refractivity contribution in [2.75, 3.05) is 13.2 Å². The Hall–Kier alpha value is -4.16. The molecule has 0 N–H and O–H groups in total. The van der Waals surface area contributed by atoms with Gasteiger partial charge in [-0.25, -0.2) is 29.0 Å². The smallest absolute Gasteiger partial charge is 0.432 e. The van der Waals surface area contributed by atoms with E-state index in [1.807, 2.05) is 39.8 Å². The normalized spacial score (nSPS) is 10.5. The fraction of sp³-hybridized carbons (Fsp3) is 0.467. The van der Waals surface area contributed by atoms with Gasteiger partial charge >= 0.3 is 24.2 Å². The van der Waals surface area contributed by atoms with Gasteiger partial charge in [0.25, 0.3) is 0 Å². The SMILES string of the molecule is Cc1cc(C)cc(C(=O)OOOC(=O)OCCCCCCCCCCOC(=O)OOOC(=O)c2cc(C)cc(C)c2)c1. The van der Waals surface area contributed by atoms with Crippen LogP contribution in [-0.2, 0) is 39.1 Å². The molecule has 230 valence electrons. The van der Waals surface area contributed by atoms with E-state index in [0.29, 0.717) is 12.8 Å². The predicted molar refractivity (Wildman–Crippen MR) is 147 cm³/mol. The zero-order valence-electron chi connectivity index (χ0n) is 24.4. The van der Waals surface area contributed by atoms with Crippen molar-refractivity contribution >= 4 is 24.2 Å². The topological polar surface area (TPSA) is 142 Å². The number of hydrogen-bond acceptors (Lipinski definition) is 12. The van der Waals surface area contributed by atoms with Gasteiger partial charge in [0.1, 0.15) is 0 Å². The fourth-order valence-electron chi connectivity index (χ4n) is 4.06. The van der Waals surface area contributed by atoms with E-state index >= 15 is 0 Å². The highest BCUT2D eigenvalue weighted by Crippen LogP contribution is 2.12. The Morgan fingerprint density at radius 2 is 0.762 bits per heavy atom. The molecule has 0 aliphatic heterocycles. The Kier molecular flexibility index (Phi) is 15.4. The minimum Gasteiger partial charge on any atom is -0.432 e. The van der Waals surface area contributed by atoms with E-state index < -0.39 is 24.2 Å². The molecule has 2 aromatic carbocycles. The first-order chi connectivity index (χ1) is 20.1. The van der Waals surface area contributed by atoms with E-state index in [4.69, 9.17) is 9.47 Å². The molecule has 0 atom stereocenters. The first-order valence-electron chi connectivity index (χ1n) is 13.7. The number of carbonyl (C=O) groups excluding carboxylic acids is 4. The molecular formula is C30H38O12. The van der Waals surface area contributed by atoms with Crippen LogP contribution in [0, 0.1) is 27.7 Å². The maximum absolute atomic E-state index is 11.9. The van der Waals surface area contributed by atoms with E-state index in [1.165, 1.54) is 0 Å². The van der Waals surface area contributed by atoms with Crippen molar-refractivity contribution in [2.45, 2.75) is 79.1 Å². The molecule has 0 unspecified atom stereocenters. The van der Waals surface area contributed by atoms with Crippen molar-refractivity contribution in [2.24, 2.45) is 0 Å². The van der Waals surface area contributed by atoms with Crippen molar-refractivity contribution < 1.29 is 58.3 Å². The average molecular weight is 591 g/mol. The zero-order valence-corrected chi connectivity index (χ0v) is 24.4. The Morgan fingerprint density at radius 3 is 1.10 bits per heavy atom. The van der Waals surface area contributed by atoms with Crippen LogP contribution >= 0.6 is 0 Å².